The van der Waals surface area contributed by atoms with Crippen molar-refractivity contribution in [3.8, 4) is 0 Å². The molecule has 3 heteroatoms. The van der Waals surface area contributed by atoms with E-state index in [0.717, 1.165) is 25.7 Å². The van der Waals surface area contributed by atoms with Crippen molar-refractivity contribution in [2.24, 2.45) is 0 Å². The van der Waals surface area contributed by atoms with Crippen LogP contribution in [-0.2, 0) is 4.79 Å². The molecule has 0 heterocycles. The van der Waals surface area contributed by atoms with Crippen LogP contribution in [0.3, 0.4) is 0 Å². The first-order valence-electron chi connectivity index (χ1n) is 4.65. The summed E-state index contributed by atoms with van der Waals surface area (Å²) < 4.78 is 0. The monoisotopic (exact) mass is 171 g/mol. The topological polar surface area (TPSA) is 49.3 Å². The Balaban J connectivity index is 2.12. The molecule has 0 unspecified atom stereocenters. The van der Waals surface area contributed by atoms with Gasteiger partial charge in [0.15, 0.2) is 0 Å². The van der Waals surface area contributed by atoms with Gasteiger partial charge in [-0.1, -0.05) is 6.92 Å². The first kappa shape index (κ1) is 9.52. The maximum absolute atomic E-state index is 11.0. The molecule has 0 bridgehead atoms. The number of hydrogen-bond donors (Lipinski definition) is 2. The molecule has 0 saturated heterocycles. The third-order valence-corrected chi connectivity index (χ3v) is 2.38. The average Bonchev–Trinajstić information content (AvgIpc) is 1.98. The lowest BCUT2D eigenvalue weighted by Gasteiger charge is -2.36. The molecule has 70 valence electrons. The molecule has 0 aliphatic heterocycles. The summed E-state index contributed by atoms with van der Waals surface area (Å²) in [4.78, 5) is 11.0. The number of aliphatic hydroxyl groups is 1. The number of carbonyl (C=O) groups excluding carboxylic acids is 1. The molecule has 1 aliphatic rings. The molecule has 1 fully saturated rings. The first-order chi connectivity index (χ1) is 5.66. The van der Waals surface area contributed by atoms with E-state index < -0.39 is 5.60 Å². The molecule has 1 aliphatic carbocycles. The fourth-order valence-corrected chi connectivity index (χ4v) is 1.34. The van der Waals surface area contributed by atoms with Crippen LogP contribution >= 0.6 is 0 Å². The van der Waals surface area contributed by atoms with Crippen molar-refractivity contribution in [3.63, 3.8) is 0 Å². The van der Waals surface area contributed by atoms with Gasteiger partial charge in [-0.05, 0) is 25.7 Å². The fourth-order valence-electron chi connectivity index (χ4n) is 1.34. The highest BCUT2D eigenvalue weighted by Gasteiger charge is 2.34. The summed E-state index contributed by atoms with van der Waals surface area (Å²) in [6.07, 6.45) is 4.18. The third kappa shape index (κ3) is 2.48. The van der Waals surface area contributed by atoms with Crippen LogP contribution in [0.4, 0.5) is 0 Å². The number of hydrogen-bond acceptors (Lipinski definition) is 2. The largest absolute Gasteiger partial charge is 0.388 e. The third-order valence-electron chi connectivity index (χ3n) is 2.38. The van der Waals surface area contributed by atoms with E-state index in [9.17, 15) is 9.90 Å². The minimum atomic E-state index is -0.580. The standard InChI is InChI=1S/C9H17NO2/c1-2-4-8(11)10-7-9(12)5-3-6-9/h12H,2-7H2,1H3,(H,10,11). The lowest BCUT2D eigenvalue weighted by molar-refractivity contribution is -0.123. The molecule has 2 N–H and O–H groups in total. The second-order valence-corrected chi connectivity index (χ2v) is 3.60. The molecule has 0 aromatic carbocycles. The highest BCUT2D eigenvalue weighted by Crippen LogP contribution is 2.30. The van der Waals surface area contributed by atoms with Crippen LogP contribution in [0, 0.1) is 0 Å². The quantitative estimate of drug-likeness (QED) is 0.658. The van der Waals surface area contributed by atoms with Gasteiger partial charge in [-0.15, -0.1) is 0 Å². The molecule has 0 atom stereocenters. The lowest BCUT2D eigenvalue weighted by Crippen LogP contribution is -2.47. The van der Waals surface area contributed by atoms with Gasteiger partial charge in [0.25, 0.3) is 0 Å². The van der Waals surface area contributed by atoms with Crippen molar-refractivity contribution < 1.29 is 9.90 Å². The molecule has 12 heavy (non-hydrogen) atoms. The van der Waals surface area contributed by atoms with E-state index in [2.05, 4.69) is 5.32 Å². The summed E-state index contributed by atoms with van der Waals surface area (Å²) in [7, 11) is 0. The first-order valence-corrected chi connectivity index (χ1v) is 4.65. The van der Waals surface area contributed by atoms with Crippen molar-refractivity contribution in [1.82, 2.24) is 5.32 Å². The van der Waals surface area contributed by atoms with Gasteiger partial charge in [-0.3, -0.25) is 4.79 Å². The van der Waals surface area contributed by atoms with E-state index in [1.807, 2.05) is 6.92 Å². The van der Waals surface area contributed by atoms with Crippen LogP contribution in [-0.4, -0.2) is 23.2 Å². The average molecular weight is 171 g/mol. The maximum atomic E-state index is 11.0. The number of amides is 1. The van der Waals surface area contributed by atoms with Crippen molar-refractivity contribution in [2.75, 3.05) is 6.54 Å². The molecule has 1 rings (SSSR count). The van der Waals surface area contributed by atoms with Gasteiger partial charge >= 0.3 is 0 Å². The molecule has 3 nitrogen and oxygen atoms in total. The predicted molar refractivity (Wildman–Crippen MR) is 46.7 cm³/mol. The summed E-state index contributed by atoms with van der Waals surface area (Å²) in [6.45, 7) is 2.41. The van der Waals surface area contributed by atoms with E-state index in [1.165, 1.54) is 0 Å². The number of rotatable bonds is 4. The normalized spacial score (nSPS) is 19.8. The van der Waals surface area contributed by atoms with Crippen LogP contribution in [0.2, 0.25) is 0 Å². The Morgan fingerprint density at radius 3 is 2.67 bits per heavy atom. The Morgan fingerprint density at radius 2 is 2.25 bits per heavy atom. The smallest absolute Gasteiger partial charge is 0.220 e. The van der Waals surface area contributed by atoms with Gasteiger partial charge in [-0.2, -0.15) is 0 Å². The van der Waals surface area contributed by atoms with Crippen molar-refractivity contribution in [1.29, 1.82) is 0 Å². The van der Waals surface area contributed by atoms with E-state index in [-0.39, 0.29) is 5.91 Å². The SMILES string of the molecule is CCCC(=O)NCC1(O)CCC1. The van der Waals surface area contributed by atoms with Crippen LogP contribution < -0.4 is 5.32 Å². The second-order valence-electron chi connectivity index (χ2n) is 3.60. The van der Waals surface area contributed by atoms with Gasteiger partial charge in [0, 0.05) is 13.0 Å². The highest BCUT2D eigenvalue weighted by atomic mass is 16.3. The van der Waals surface area contributed by atoms with Gasteiger partial charge in [0.2, 0.25) is 5.91 Å². The molecule has 0 spiro atoms. The number of nitrogens with one attached hydrogen (secondary N) is 1. The maximum Gasteiger partial charge on any atom is 0.220 e. The Hall–Kier alpha value is -0.570. The van der Waals surface area contributed by atoms with Crippen LogP contribution in [0.15, 0.2) is 0 Å². The van der Waals surface area contributed by atoms with Crippen molar-refractivity contribution in [2.45, 2.75) is 44.6 Å². The molecular weight excluding hydrogens is 154 g/mol. The van der Waals surface area contributed by atoms with Crippen LogP contribution in [0.5, 0.6) is 0 Å². The second kappa shape index (κ2) is 3.90. The lowest BCUT2D eigenvalue weighted by atomic mass is 9.80. The minimum Gasteiger partial charge on any atom is -0.388 e. The molecule has 0 aromatic rings. The Bertz CT molecular complexity index is 164. The highest BCUT2D eigenvalue weighted by molar-refractivity contribution is 5.75. The summed E-state index contributed by atoms with van der Waals surface area (Å²) in [5.74, 6) is 0.0535. The number of carbonyl (C=O) groups is 1. The zero-order chi connectivity index (χ0) is 9.03. The van der Waals surface area contributed by atoms with Gasteiger partial charge in [-0.25, -0.2) is 0 Å². The molecule has 0 radical (unpaired) electrons. The molecular formula is C9H17NO2. The van der Waals surface area contributed by atoms with Gasteiger partial charge in [0.1, 0.15) is 0 Å². The van der Waals surface area contributed by atoms with Crippen molar-refractivity contribution in [3.05, 3.63) is 0 Å². The zero-order valence-electron chi connectivity index (χ0n) is 7.60. The molecule has 0 aromatic heterocycles. The van der Waals surface area contributed by atoms with Crippen LogP contribution in [0.25, 0.3) is 0 Å². The van der Waals surface area contributed by atoms with Crippen LogP contribution in [0.1, 0.15) is 39.0 Å². The molecule has 1 saturated carbocycles. The Labute approximate surface area is 73.2 Å². The Kier molecular flexibility index (Phi) is 3.09. The van der Waals surface area contributed by atoms with E-state index >= 15 is 0 Å². The van der Waals surface area contributed by atoms with Gasteiger partial charge in [0.05, 0.1) is 5.60 Å². The summed E-state index contributed by atoms with van der Waals surface area (Å²) in [5.41, 5.74) is -0.580. The predicted octanol–water partition coefficient (Wildman–Crippen LogP) is 0.818. The summed E-state index contributed by atoms with van der Waals surface area (Å²) in [6, 6.07) is 0. The minimum absolute atomic E-state index is 0.0535. The fraction of sp³-hybridized carbons (Fsp3) is 0.889. The zero-order valence-corrected chi connectivity index (χ0v) is 7.60. The van der Waals surface area contributed by atoms with E-state index in [0.29, 0.717) is 13.0 Å². The molecule has 1 amide bonds. The summed E-state index contributed by atoms with van der Waals surface area (Å²) >= 11 is 0. The van der Waals surface area contributed by atoms with Gasteiger partial charge < -0.3 is 10.4 Å². The summed E-state index contributed by atoms with van der Waals surface area (Å²) in [5, 5.41) is 12.3. The van der Waals surface area contributed by atoms with Crippen molar-refractivity contribution >= 4 is 5.91 Å². The van der Waals surface area contributed by atoms with E-state index in [1.54, 1.807) is 0 Å². The Morgan fingerprint density at radius 1 is 1.58 bits per heavy atom. The van der Waals surface area contributed by atoms with E-state index in [4.69, 9.17) is 0 Å².